The van der Waals surface area contributed by atoms with E-state index in [4.69, 9.17) is 0 Å². The maximum absolute atomic E-state index is 12.8. The number of fused-ring (bicyclic) bond motifs is 1. The van der Waals surface area contributed by atoms with E-state index in [1.165, 1.54) is 15.9 Å². The zero-order valence-electron chi connectivity index (χ0n) is 14.1. The zero-order chi connectivity index (χ0) is 18.1. The fraction of sp³-hybridized carbons (Fsp3) is 0.316. The van der Waals surface area contributed by atoms with Crippen molar-refractivity contribution in [2.24, 2.45) is 0 Å². The van der Waals surface area contributed by atoms with Crippen LogP contribution in [-0.4, -0.2) is 26.9 Å². The Hall–Kier alpha value is -1.99. The molecule has 1 aliphatic rings. The summed E-state index contributed by atoms with van der Waals surface area (Å²) in [6.45, 7) is 1.13. The van der Waals surface area contributed by atoms with E-state index in [0.717, 1.165) is 34.3 Å². The largest absolute Gasteiger partial charge is 0.336 e. The van der Waals surface area contributed by atoms with Gasteiger partial charge in [-0.05, 0) is 42.0 Å². The molecule has 1 saturated heterocycles. The number of hydrogen-bond acceptors (Lipinski definition) is 4. The molecule has 4 rings (SSSR count). The van der Waals surface area contributed by atoms with Gasteiger partial charge in [0.05, 0.1) is 17.8 Å². The normalized spacial score (nSPS) is 17.1. The Labute approximate surface area is 163 Å². The van der Waals surface area contributed by atoms with Crippen LogP contribution >= 0.6 is 27.3 Å². The fourth-order valence-electron chi connectivity index (χ4n) is 3.54. The molecular formula is C19H18BrN3O2S. The van der Waals surface area contributed by atoms with Gasteiger partial charge in [0.2, 0.25) is 5.91 Å². The third-order valence-electron chi connectivity index (χ3n) is 4.82. The number of aromatic nitrogens is 2. The minimum atomic E-state index is -0.0750. The molecule has 1 aromatic carbocycles. The molecule has 2 aromatic heterocycles. The summed E-state index contributed by atoms with van der Waals surface area (Å²) in [4.78, 5) is 32.2. The van der Waals surface area contributed by atoms with Gasteiger partial charge >= 0.3 is 0 Å². The van der Waals surface area contributed by atoms with Gasteiger partial charge in [0.25, 0.3) is 5.56 Å². The molecule has 26 heavy (non-hydrogen) atoms. The zero-order valence-corrected chi connectivity index (χ0v) is 16.5. The van der Waals surface area contributed by atoms with Crippen LogP contribution < -0.4 is 5.56 Å². The number of rotatable bonds is 4. The number of amides is 1. The van der Waals surface area contributed by atoms with Crippen LogP contribution in [0.5, 0.6) is 0 Å². The van der Waals surface area contributed by atoms with Gasteiger partial charge in [-0.15, -0.1) is 11.3 Å². The summed E-state index contributed by atoms with van der Waals surface area (Å²) in [6, 6.07) is 10.0. The molecule has 1 unspecified atom stereocenters. The first-order valence-electron chi connectivity index (χ1n) is 8.61. The van der Waals surface area contributed by atoms with Crippen molar-refractivity contribution in [2.45, 2.75) is 31.8 Å². The maximum atomic E-state index is 12.8. The molecule has 5 nitrogen and oxygen atoms in total. The molecule has 1 aliphatic heterocycles. The van der Waals surface area contributed by atoms with Gasteiger partial charge in [-0.3, -0.25) is 14.2 Å². The van der Waals surface area contributed by atoms with Crippen LogP contribution in [0.25, 0.3) is 10.2 Å². The second-order valence-electron chi connectivity index (χ2n) is 6.43. The lowest BCUT2D eigenvalue weighted by molar-refractivity contribution is -0.132. The van der Waals surface area contributed by atoms with Crippen molar-refractivity contribution in [3.05, 3.63) is 62.4 Å². The van der Waals surface area contributed by atoms with E-state index in [-0.39, 0.29) is 17.5 Å². The van der Waals surface area contributed by atoms with E-state index in [9.17, 15) is 9.59 Å². The number of aryl methyl sites for hydroxylation is 1. The first-order valence-corrected chi connectivity index (χ1v) is 10.3. The van der Waals surface area contributed by atoms with Crippen molar-refractivity contribution < 1.29 is 4.79 Å². The summed E-state index contributed by atoms with van der Waals surface area (Å²) >= 11 is 4.95. The van der Waals surface area contributed by atoms with Crippen molar-refractivity contribution in [1.82, 2.24) is 14.5 Å². The number of carbonyl (C=O) groups excluding carboxylic acids is 1. The maximum Gasteiger partial charge on any atom is 0.262 e. The number of benzene rings is 1. The topological polar surface area (TPSA) is 55.2 Å². The minimum Gasteiger partial charge on any atom is -0.336 e. The van der Waals surface area contributed by atoms with E-state index >= 15 is 0 Å². The van der Waals surface area contributed by atoms with E-state index in [1.54, 1.807) is 12.4 Å². The van der Waals surface area contributed by atoms with Crippen LogP contribution in [0.1, 0.15) is 30.9 Å². The number of halogens is 1. The molecule has 0 N–H and O–H groups in total. The summed E-state index contributed by atoms with van der Waals surface area (Å²) < 4.78 is 2.56. The SMILES string of the molecule is O=C(CCn1cnc2sccc2c1=O)N1CCCC1c1cccc(Br)c1. The van der Waals surface area contributed by atoms with Crippen LogP contribution in [0.2, 0.25) is 0 Å². The van der Waals surface area contributed by atoms with E-state index in [2.05, 4.69) is 33.0 Å². The average molecular weight is 432 g/mol. The van der Waals surface area contributed by atoms with Crippen LogP contribution in [0.15, 0.2) is 51.3 Å². The molecule has 0 saturated carbocycles. The molecular weight excluding hydrogens is 414 g/mol. The smallest absolute Gasteiger partial charge is 0.262 e. The second kappa shape index (κ2) is 7.32. The van der Waals surface area contributed by atoms with Crippen LogP contribution in [0.4, 0.5) is 0 Å². The van der Waals surface area contributed by atoms with Gasteiger partial charge in [0.1, 0.15) is 4.83 Å². The number of carbonyl (C=O) groups is 1. The molecule has 0 aliphatic carbocycles. The number of nitrogens with zero attached hydrogens (tertiary/aromatic N) is 3. The third kappa shape index (κ3) is 3.33. The highest BCUT2D eigenvalue weighted by Crippen LogP contribution is 2.33. The molecule has 1 fully saturated rings. The second-order valence-corrected chi connectivity index (χ2v) is 8.24. The predicted octanol–water partition coefficient (Wildman–Crippen LogP) is 3.97. The lowest BCUT2D eigenvalue weighted by atomic mass is 10.0. The number of hydrogen-bond donors (Lipinski definition) is 0. The number of likely N-dealkylation sites (tertiary alicyclic amines) is 1. The standard InChI is InChI=1S/C19H18BrN3O2S/c20-14-4-1-3-13(11-14)16-5-2-8-23(16)17(24)6-9-22-12-21-18-15(19(22)25)7-10-26-18/h1,3-4,7,10-12,16H,2,5-6,8-9H2. The molecule has 3 aromatic rings. The molecule has 0 spiro atoms. The van der Waals surface area contributed by atoms with Crippen molar-refractivity contribution in [2.75, 3.05) is 6.54 Å². The molecule has 1 amide bonds. The molecule has 3 heterocycles. The van der Waals surface area contributed by atoms with Crippen molar-refractivity contribution >= 4 is 43.4 Å². The molecule has 7 heteroatoms. The molecule has 0 radical (unpaired) electrons. The van der Waals surface area contributed by atoms with E-state index in [0.29, 0.717) is 18.4 Å². The molecule has 0 bridgehead atoms. The minimum absolute atomic E-state index is 0.0750. The monoisotopic (exact) mass is 431 g/mol. The quantitative estimate of drug-likeness (QED) is 0.627. The average Bonchev–Trinajstić information content (AvgIpc) is 3.30. The van der Waals surface area contributed by atoms with Crippen LogP contribution in [0, 0.1) is 0 Å². The Balaban J connectivity index is 1.48. The van der Waals surface area contributed by atoms with E-state index < -0.39 is 0 Å². The van der Waals surface area contributed by atoms with E-state index in [1.807, 2.05) is 22.4 Å². The van der Waals surface area contributed by atoms with Crippen molar-refractivity contribution in [1.29, 1.82) is 0 Å². The van der Waals surface area contributed by atoms with Crippen LogP contribution in [0.3, 0.4) is 0 Å². The number of thiophene rings is 1. The first kappa shape index (κ1) is 17.4. The summed E-state index contributed by atoms with van der Waals surface area (Å²) in [7, 11) is 0. The summed E-state index contributed by atoms with van der Waals surface area (Å²) in [5, 5.41) is 2.49. The highest BCUT2D eigenvalue weighted by molar-refractivity contribution is 9.10. The predicted molar refractivity (Wildman–Crippen MR) is 106 cm³/mol. The van der Waals surface area contributed by atoms with Gasteiger partial charge < -0.3 is 4.90 Å². The van der Waals surface area contributed by atoms with Gasteiger partial charge in [-0.2, -0.15) is 0 Å². The van der Waals surface area contributed by atoms with Gasteiger partial charge in [-0.1, -0.05) is 28.1 Å². The Morgan fingerprint density at radius 1 is 1.35 bits per heavy atom. The molecule has 134 valence electrons. The Bertz CT molecular complexity index is 1010. The summed E-state index contributed by atoms with van der Waals surface area (Å²) in [5.41, 5.74) is 1.08. The molecule has 1 atom stereocenters. The first-order chi connectivity index (χ1) is 12.6. The fourth-order valence-corrected chi connectivity index (χ4v) is 4.68. The lowest BCUT2D eigenvalue weighted by Crippen LogP contribution is -2.32. The highest BCUT2D eigenvalue weighted by atomic mass is 79.9. The van der Waals surface area contributed by atoms with Crippen molar-refractivity contribution in [3.63, 3.8) is 0 Å². The van der Waals surface area contributed by atoms with Crippen LogP contribution in [-0.2, 0) is 11.3 Å². The van der Waals surface area contributed by atoms with Gasteiger partial charge in [0, 0.05) is 24.0 Å². The third-order valence-corrected chi connectivity index (χ3v) is 6.14. The Morgan fingerprint density at radius 3 is 3.08 bits per heavy atom. The summed E-state index contributed by atoms with van der Waals surface area (Å²) in [6.07, 6.45) is 3.84. The summed E-state index contributed by atoms with van der Waals surface area (Å²) in [5.74, 6) is 0.0878. The Kier molecular flexibility index (Phi) is 4.91. The Morgan fingerprint density at radius 2 is 2.23 bits per heavy atom. The highest BCUT2D eigenvalue weighted by Gasteiger charge is 2.29. The van der Waals surface area contributed by atoms with Crippen molar-refractivity contribution in [3.8, 4) is 0 Å². The van der Waals surface area contributed by atoms with Gasteiger partial charge in [-0.25, -0.2) is 4.98 Å². The lowest BCUT2D eigenvalue weighted by Gasteiger charge is -2.25. The van der Waals surface area contributed by atoms with Gasteiger partial charge in [0.15, 0.2) is 0 Å².